The second-order valence-corrected chi connectivity index (χ2v) is 4.88. The van der Waals surface area contributed by atoms with Gasteiger partial charge in [-0.05, 0) is 41.3 Å². The van der Waals surface area contributed by atoms with Crippen LogP contribution < -0.4 is 0 Å². The molecule has 0 aliphatic carbocycles. The third kappa shape index (κ3) is 3.47. The van der Waals surface area contributed by atoms with Crippen LogP contribution in [0.1, 0.15) is 5.56 Å². The van der Waals surface area contributed by atoms with Crippen molar-refractivity contribution in [1.29, 1.82) is 0 Å². The van der Waals surface area contributed by atoms with Crippen LogP contribution in [0, 0.1) is 0 Å². The molecular weight excluding hydrogens is 284 g/mol. The molecule has 0 bridgehead atoms. The highest BCUT2D eigenvalue weighted by molar-refractivity contribution is 9.10. The molecule has 0 saturated carbocycles. The van der Waals surface area contributed by atoms with E-state index in [1.54, 1.807) is 18.0 Å². The van der Waals surface area contributed by atoms with Crippen molar-refractivity contribution in [2.45, 2.75) is 5.03 Å². The van der Waals surface area contributed by atoms with Crippen LogP contribution in [0.15, 0.2) is 57.5 Å². The highest BCUT2D eigenvalue weighted by Crippen LogP contribution is 2.17. The molecule has 0 N–H and O–H groups in total. The molecule has 4 heteroatoms. The Hall–Kier alpha value is -1.13. The summed E-state index contributed by atoms with van der Waals surface area (Å²) in [6.45, 7) is 0. The standard InChI is InChI=1S/C12H9BrN2S/c13-11-5-3-10(4-6-11)7-9-16-12-2-1-8-14-15-12/h1-9H/b9-7+. The van der Waals surface area contributed by atoms with Gasteiger partial charge in [-0.3, -0.25) is 0 Å². The summed E-state index contributed by atoms with van der Waals surface area (Å²) in [5.41, 5.74) is 1.17. The van der Waals surface area contributed by atoms with Crippen molar-refractivity contribution in [3.8, 4) is 0 Å². The van der Waals surface area contributed by atoms with Crippen molar-refractivity contribution < 1.29 is 0 Å². The quantitative estimate of drug-likeness (QED) is 0.800. The molecule has 0 spiro atoms. The average Bonchev–Trinajstić information content (AvgIpc) is 2.33. The molecule has 0 amide bonds. The summed E-state index contributed by atoms with van der Waals surface area (Å²) in [6, 6.07) is 12.0. The lowest BCUT2D eigenvalue weighted by molar-refractivity contribution is 0.932. The number of benzene rings is 1. The number of aromatic nitrogens is 2. The second kappa shape index (κ2) is 5.82. The van der Waals surface area contributed by atoms with Crippen LogP contribution >= 0.6 is 27.7 Å². The van der Waals surface area contributed by atoms with Gasteiger partial charge in [0.2, 0.25) is 0 Å². The Morgan fingerprint density at radius 1 is 1.12 bits per heavy atom. The zero-order chi connectivity index (χ0) is 11.2. The van der Waals surface area contributed by atoms with Gasteiger partial charge in [0.15, 0.2) is 0 Å². The molecule has 0 fully saturated rings. The van der Waals surface area contributed by atoms with Crippen molar-refractivity contribution in [1.82, 2.24) is 10.2 Å². The lowest BCUT2D eigenvalue weighted by Crippen LogP contribution is -1.79. The molecule has 0 unspecified atom stereocenters. The molecule has 2 nitrogen and oxygen atoms in total. The molecular formula is C12H9BrN2S. The highest BCUT2D eigenvalue weighted by atomic mass is 79.9. The van der Waals surface area contributed by atoms with E-state index in [0.717, 1.165) is 9.50 Å². The van der Waals surface area contributed by atoms with E-state index in [9.17, 15) is 0 Å². The van der Waals surface area contributed by atoms with E-state index in [1.807, 2.05) is 35.7 Å². The molecule has 1 aromatic heterocycles. The predicted molar refractivity (Wildman–Crippen MR) is 71.1 cm³/mol. The van der Waals surface area contributed by atoms with E-state index in [0.29, 0.717) is 0 Å². The molecule has 2 aromatic rings. The van der Waals surface area contributed by atoms with Gasteiger partial charge in [0.1, 0.15) is 5.03 Å². The lowest BCUT2D eigenvalue weighted by Gasteiger charge is -1.94. The number of thioether (sulfide) groups is 1. The van der Waals surface area contributed by atoms with E-state index in [4.69, 9.17) is 0 Å². The molecule has 0 aliphatic rings. The van der Waals surface area contributed by atoms with Gasteiger partial charge in [0, 0.05) is 10.7 Å². The summed E-state index contributed by atoms with van der Waals surface area (Å²) in [5.74, 6) is 0. The van der Waals surface area contributed by atoms with Crippen LogP contribution in [-0.4, -0.2) is 10.2 Å². The van der Waals surface area contributed by atoms with Gasteiger partial charge in [-0.25, -0.2) is 0 Å². The van der Waals surface area contributed by atoms with E-state index in [2.05, 4.69) is 38.3 Å². The maximum Gasteiger partial charge on any atom is 0.123 e. The molecule has 80 valence electrons. The Bertz CT molecular complexity index is 468. The fraction of sp³-hybridized carbons (Fsp3) is 0. The van der Waals surface area contributed by atoms with Gasteiger partial charge < -0.3 is 0 Å². The first-order chi connectivity index (χ1) is 7.84. The Balaban J connectivity index is 1.98. The third-order valence-electron chi connectivity index (χ3n) is 1.87. The molecule has 1 aromatic carbocycles. The molecule has 0 radical (unpaired) electrons. The van der Waals surface area contributed by atoms with Crippen molar-refractivity contribution >= 4 is 33.8 Å². The molecule has 0 atom stereocenters. The lowest BCUT2D eigenvalue weighted by atomic mass is 10.2. The summed E-state index contributed by atoms with van der Waals surface area (Å²) in [5, 5.41) is 10.7. The van der Waals surface area contributed by atoms with Crippen LogP contribution in [-0.2, 0) is 0 Å². The first-order valence-corrected chi connectivity index (χ1v) is 6.38. The number of hydrogen-bond acceptors (Lipinski definition) is 3. The van der Waals surface area contributed by atoms with Crippen molar-refractivity contribution in [3.63, 3.8) is 0 Å². The van der Waals surface area contributed by atoms with E-state index >= 15 is 0 Å². The van der Waals surface area contributed by atoms with Gasteiger partial charge in [-0.2, -0.15) is 5.10 Å². The minimum Gasteiger partial charge on any atom is -0.158 e. The largest absolute Gasteiger partial charge is 0.158 e. The monoisotopic (exact) mass is 292 g/mol. The zero-order valence-electron chi connectivity index (χ0n) is 8.38. The number of nitrogens with zero attached hydrogens (tertiary/aromatic N) is 2. The smallest absolute Gasteiger partial charge is 0.123 e. The summed E-state index contributed by atoms with van der Waals surface area (Å²) in [7, 11) is 0. The van der Waals surface area contributed by atoms with E-state index in [1.165, 1.54) is 5.56 Å². The summed E-state index contributed by atoms with van der Waals surface area (Å²) in [4.78, 5) is 0. The maximum absolute atomic E-state index is 3.98. The maximum atomic E-state index is 3.98. The van der Waals surface area contributed by atoms with Gasteiger partial charge in [-0.1, -0.05) is 39.8 Å². The Morgan fingerprint density at radius 3 is 2.62 bits per heavy atom. The van der Waals surface area contributed by atoms with Crippen molar-refractivity contribution in [2.24, 2.45) is 0 Å². The first kappa shape index (κ1) is 11.4. The van der Waals surface area contributed by atoms with Crippen LogP contribution in [0.25, 0.3) is 6.08 Å². The molecule has 0 aliphatic heterocycles. The van der Waals surface area contributed by atoms with Crippen LogP contribution in [0.4, 0.5) is 0 Å². The van der Waals surface area contributed by atoms with Crippen molar-refractivity contribution in [2.75, 3.05) is 0 Å². The third-order valence-corrected chi connectivity index (χ3v) is 3.13. The van der Waals surface area contributed by atoms with E-state index < -0.39 is 0 Å². The fourth-order valence-electron chi connectivity index (χ4n) is 1.11. The van der Waals surface area contributed by atoms with Crippen LogP contribution in [0.5, 0.6) is 0 Å². The number of rotatable bonds is 3. The molecule has 16 heavy (non-hydrogen) atoms. The minimum atomic E-state index is 0.899. The number of halogens is 1. The van der Waals surface area contributed by atoms with Crippen LogP contribution in [0.3, 0.4) is 0 Å². The Kier molecular flexibility index (Phi) is 4.13. The number of hydrogen-bond donors (Lipinski definition) is 0. The predicted octanol–water partition coefficient (Wildman–Crippen LogP) is 4.00. The van der Waals surface area contributed by atoms with Gasteiger partial charge in [-0.15, -0.1) is 5.10 Å². The van der Waals surface area contributed by atoms with E-state index in [-0.39, 0.29) is 0 Å². The van der Waals surface area contributed by atoms with Gasteiger partial charge in [0.25, 0.3) is 0 Å². The highest BCUT2D eigenvalue weighted by Gasteiger charge is 1.90. The molecule has 0 saturated heterocycles. The van der Waals surface area contributed by atoms with Gasteiger partial charge >= 0.3 is 0 Å². The first-order valence-electron chi connectivity index (χ1n) is 4.71. The summed E-state index contributed by atoms with van der Waals surface area (Å²) >= 11 is 4.96. The normalized spacial score (nSPS) is 10.8. The average molecular weight is 293 g/mol. The summed E-state index contributed by atoms with van der Waals surface area (Å²) in [6.07, 6.45) is 3.72. The zero-order valence-corrected chi connectivity index (χ0v) is 10.8. The molecule has 1 heterocycles. The Labute approximate surface area is 107 Å². The van der Waals surface area contributed by atoms with Gasteiger partial charge in [0.05, 0.1) is 0 Å². The summed E-state index contributed by atoms with van der Waals surface area (Å²) < 4.78 is 1.09. The van der Waals surface area contributed by atoms with Crippen molar-refractivity contribution in [3.05, 3.63) is 58.0 Å². The minimum absolute atomic E-state index is 0.899. The van der Waals surface area contributed by atoms with Crippen LogP contribution in [0.2, 0.25) is 0 Å². The fourth-order valence-corrected chi connectivity index (χ4v) is 1.99. The SMILES string of the molecule is Brc1ccc(/C=C/Sc2cccnn2)cc1. The molecule has 2 rings (SSSR count). The second-order valence-electron chi connectivity index (χ2n) is 3.03. The topological polar surface area (TPSA) is 25.8 Å². The Morgan fingerprint density at radius 2 is 1.94 bits per heavy atom.